The number of benzene rings is 1. The van der Waals surface area contributed by atoms with E-state index in [0.29, 0.717) is 17.4 Å². The molecule has 138 valence electrons. The summed E-state index contributed by atoms with van der Waals surface area (Å²) >= 11 is 1.37. The Morgan fingerprint density at radius 2 is 1.96 bits per heavy atom. The number of nitrogens with zero attached hydrogens (tertiary/aromatic N) is 2. The van der Waals surface area contributed by atoms with Gasteiger partial charge in [0.2, 0.25) is 11.8 Å². The zero-order valence-corrected chi connectivity index (χ0v) is 16.1. The van der Waals surface area contributed by atoms with Gasteiger partial charge in [0.1, 0.15) is 0 Å². The molecular formula is C20H25N3O2S. The van der Waals surface area contributed by atoms with Gasteiger partial charge in [0.05, 0.1) is 11.4 Å². The molecule has 0 unspecified atom stereocenters. The second-order valence-corrected chi connectivity index (χ2v) is 6.77. The van der Waals surface area contributed by atoms with E-state index in [9.17, 15) is 9.59 Å². The summed E-state index contributed by atoms with van der Waals surface area (Å²) in [5.74, 6) is -0.228. The van der Waals surface area contributed by atoms with Crippen LogP contribution in [0.2, 0.25) is 0 Å². The first-order valence-corrected chi connectivity index (χ1v) is 9.77. The fourth-order valence-electron chi connectivity index (χ4n) is 2.44. The fraction of sp³-hybridized carbons (Fsp3) is 0.350. The summed E-state index contributed by atoms with van der Waals surface area (Å²) < 4.78 is 0. The zero-order valence-electron chi connectivity index (χ0n) is 15.3. The largest absolute Gasteiger partial charge is 0.353 e. The average Bonchev–Trinajstić information content (AvgIpc) is 3.09. The Hall–Kier alpha value is -2.47. The standard InChI is InChI=1S/C20H25N3O2S/c1-3-4-5-9-14-21-19(25)13-12-17-15-26-20(22-17)23(16(2)24)18-10-7-6-8-11-18/h6-8,10-13,15H,3-5,9,14H2,1-2H3,(H,21,25)/b13-12+. The van der Waals surface area contributed by atoms with Crippen molar-refractivity contribution in [2.45, 2.75) is 39.5 Å². The number of amides is 2. The number of aromatic nitrogens is 1. The van der Waals surface area contributed by atoms with Crippen LogP contribution in [-0.2, 0) is 9.59 Å². The fourth-order valence-corrected chi connectivity index (χ4v) is 3.30. The maximum absolute atomic E-state index is 12.0. The van der Waals surface area contributed by atoms with Gasteiger partial charge >= 0.3 is 0 Å². The van der Waals surface area contributed by atoms with Crippen LogP contribution in [0.5, 0.6) is 0 Å². The molecule has 6 heteroatoms. The van der Waals surface area contributed by atoms with Crippen molar-refractivity contribution in [2.75, 3.05) is 11.4 Å². The van der Waals surface area contributed by atoms with Crippen LogP contribution in [0.4, 0.5) is 10.8 Å². The van der Waals surface area contributed by atoms with Gasteiger partial charge in [0.25, 0.3) is 0 Å². The van der Waals surface area contributed by atoms with Gasteiger partial charge in [-0.05, 0) is 24.6 Å². The third-order valence-corrected chi connectivity index (χ3v) is 4.61. The maximum atomic E-state index is 12.0. The van der Waals surface area contributed by atoms with E-state index in [2.05, 4.69) is 17.2 Å². The molecule has 0 bridgehead atoms. The lowest BCUT2D eigenvalue weighted by Gasteiger charge is -2.17. The van der Waals surface area contributed by atoms with Gasteiger partial charge in [-0.25, -0.2) is 4.98 Å². The summed E-state index contributed by atoms with van der Waals surface area (Å²) in [6, 6.07) is 9.39. The van der Waals surface area contributed by atoms with Gasteiger partial charge in [0, 0.05) is 24.9 Å². The topological polar surface area (TPSA) is 62.3 Å². The second kappa shape index (κ2) is 10.5. The number of rotatable bonds is 9. The Balaban J connectivity index is 1.95. The summed E-state index contributed by atoms with van der Waals surface area (Å²) in [6.07, 6.45) is 7.67. The lowest BCUT2D eigenvalue weighted by Crippen LogP contribution is -2.22. The molecular weight excluding hydrogens is 346 g/mol. The highest BCUT2D eigenvalue weighted by atomic mass is 32.1. The molecule has 2 aromatic rings. The van der Waals surface area contributed by atoms with Crippen LogP contribution in [0.15, 0.2) is 41.8 Å². The number of thiazole rings is 1. The van der Waals surface area contributed by atoms with E-state index in [4.69, 9.17) is 0 Å². The van der Waals surface area contributed by atoms with Crippen LogP contribution in [0.25, 0.3) is 6.08 Å². The quantitative estimate of drug-likeness (QED) is 0.520. The highest BCUT2D eigenvalue weighted by molar-refractivity contribution is 7.14. The Labute approximate surface area is 158 Å². The Kier molecular flexibility index (Phi) is 8.02. The lowest BCUT2D eigenvalue weighted by atomic mass is 10.2. The highest BCUT2D eigenvalue weighted by Gasteiger charge is 2.17. The van der Waals surface area contributed by atoms with Crippen molar-refractivity contribution in [3.63, 3.8) is 0 Å². The van der Waals surface area contributed by atoms with Crippen molar-refractivity contribution in [3.05, 3.63) is 47.5 Å². The number of anilines is 2. The molecule has 0 fully saturated rings. The van der Waals surface area contributed by atoms with Crippen LogP contribution >= 0.6 is 11.3 Å². The minimum absolute atomic E-state index is 0.106. The van der Waals surface area contributed by atoms with Gasteiger partial charge in [-0.2, -0.15) is 0 Å². The van der Waals surface area contributed by atoms with Crippen LogP contribution in [0, 0.1) is 0 Å². The SMILES string of the molecule is CCCCCCNC(=O)/C=C/c1csc(N(C(C)=O)c2ccccc2)n1. The molecule has 1 aromatic heterocycles. The average molecular weight is 372 g/mol. The van der Waals surface area contributed by atoms with E-state index in [-0.39, 0.29) is 11.8 Å². The van der Waals surface area contributed by atoms with Gasteiger partial charge in [-0.3, -0.25) is 14.5 Å². The monoisotopic (exact) mass is 371 g/mol. The summed E-state index contributed by atoms with van der Waals surface area (Å²) in [5, 5.41) is 5.29. The summed E-state index contributed by atoms with van der Waals surface area (Å²) in [7, 11) is 0. The van der Waals surface area contributed by atoms with E-state index >= 15 is 0 Å². The lowest BCUT2D eigenvalue weighted by molar-refractivity contribution is -0.117. The zero-order chi connectivity index (χ0) is 18.8. The summed E-state index contributed by atoms with van der Waals surface area (Å²) in [6.45, 7) is 4.36. The van der Waals surface area contributed by atoms with Crippen LogP contribution in [0.3, 0.4) is 0 Å². The minimum atomic E-state index is -0.123. The predicted molar refractivity (Wildman–Crippen MR) is 108 cm³/mol. The number of unbranched alkanes of at least 4 members (excludes halogenated alkanes) is 3. The number of hydrogen-bond acceptors (Lipinski definition) is 4. The second-order valence-electron chi connectivity index (χ2n) is 5.93. The molecule has 0 saturated carbocycles. The Bertz CT molecular complexity index is 741. The first kappa shape index (κ1) is 19.8. The number of carbonyl (C=O) groups is 2. The molecule has 2 amide bonds. The molecule has 0 saturated heterocycles. The highest BCUT2D eigenvalue weighted by Crippen LogP contribution is 2.28. The number of hydrogen-bond donors (Lipinski definition) is 1. The van der Waals surface area contributed by atoms with Crippen molar-refractivity contribution in [3.8, 4) is 0 Å². The van der Waals surface area contributed by atoms with Crippen LogP contribution in [-0.4, -0.2) is 23.3 Å². The molecule has 0 atom stereocenters. The van der Waals surface area contributed by atoms with E-state index < -0.39 is 0 Å². The van der Waals surface area contributed by atoms with E-state index in [0.717, 1.165) is 18.5 Å². The van der Waals surface area contributed by atoms with Crippen LogP contribution in [0.1, 0.15) is 45.2 Å². The van der Waals surface area contributed by atoms with Gasteiger partial charge < -0.3 is 5.32 Å². The van der Waals surface area contributed by atoms with E-state index in [1.165, 1.54) is 37.2 Å². The molecule has 5 nitrogen and oxygen atoms in total. The molecule has 0 aliphatic carbocycles. The third-order valence-electron chi connectivity index (χ3n) is 3.77. The molecule has 0 spiro atoms. The molecule has 0 aliphatic heterocycles. The molecule has 2 rings (SSSR count). The molecule has 26 heavy (non-hydrogen) atoms. The van der Waals surface area contributed by atoms with Crippen molar-refractivity contribution in [1.82, 2.24) is 10.3 Å². The van der Waals surface area contributed by atoms with Crippen LogP contribution < -0.4 is 10.2 Å². The smallest absolute Gasteiger partial charge is 0.244 e. The number of carbonyl (C=O) groups excluding carboxylic acids is 2. The van der Waals surface area contributed by atoms with Gasteiger partial charge in [-0.15, -0.1) is 11.3 Å². The summed E-state index contributed by atoms with van der Waals surface area (Å²) in [5.41, 5.74) is 1.43. The Morgan fingerprint density at radius 3 is 2.65 bits per heavy atom. The number of para-hydroxylation sites is 1. The van der Waals surface area contributed by atoms with Crippen molar-refractivity contribution >= 4 is 40.0 Å². The minimum Gasteiger partial charge on any atom is -0.353 e. The number of nitrogens with one attached hydrogen (secondary N) is 1. The van der Waals surface area contributed by atoms with Gasteiger partial charge in [-0.1, -0.05) is 44.4 Å². The summed E-state index contributed by atoms with van der Waals surface area (Å²) in [4.78, 5) is 29.9. The predicted octanol–water partition coefficient (Wildman–Crippen LogP) is 4.54. The van der Waals surface area contributed by atoms with Crippen molar-refractivity contribution in [1.29, 1.82) is 0 Å². The molecule has 0 radical (unpaired) electrons. The van der Waals surface area contributed by atoms with E-state index in [1.807, 2.05) is 35.7 Å². The molecule has 1 heterocycles. The molecule has 0 aliphatic rings. The van der Waals surface area contributed by atoms with E-state index in [1.54, 1.807) is 11.0 Å². The van der Waals surface area contributed by atoms with Crippen molar-refractivity contribution in [2.24, 2.45) is 0 Å². The Morgan fingerprint density at radius 1 is 1.19 bits per heavy atom. The van der Waals surface area contributed by atoms with Gasteiger partial charge in [0.15, 0.2) is 5.13 Å². The molecule has 1 N–H and O–H groups in total. The normalized spacial score (nSPS) is 10.8. The first-order chi connectivity index (χ1) is 12.6. The molecule has 1 aromatic carbocycles. The van der Waals surface area contributed by atoms with Crippen molar-refractivity contribution < 1.29 is 9.59 Å². The maximum Gasteiger partial charge on any atom is 0.244 e. The third kappa shape index (κ3) is 6.11. The first-order valence-electron chi connectivity index (χ1n) is 8.89.